The van der Waals surface area contributed by atoms with E-state index in [0.29, 0.717) is 24.5 Å². The van der Waals surface area contributed by atoms with Crippen molar-refractivity contribution in [2.24, 2.45) is 0 Å². The van der Waals surface area contributed by atoms with Crippen molar-refractivity contribution in [3.63, 3.8) is 0 Å². The molecule has 3 aromatic rings. The molecule has 0 amide bonds. The van der Waals surface area contributed by atoms with Gasteiger partial charge < -0.3 is 0 Å². The van der Waals surface area contributed by atoms with Crippen LogP contribution in [-0.4, -0.2) is 53.6 Å². The molecule has 1 aliphatic rings. The Labute approximate surface area is 176 Å². The van der Waals surface area contributed by atoms with Crippen LogP contribution in [0.15, 0.2) is 64.4 Å². The summed E-state index contributed by atoms with van der Waals surface area (Å²) in [6.07, 6.45) is -3.02. The van der Waals surface area contributed by atoms with Crippen molar-refractivity contribution < 1.29 is 21.6 Å². The van der Waals surface area contributed by atoms with Crippen LogP contribution < -0.4 is 5.56 Å². The van der Waals surface area contributed by atoms with Crippen LogP contribution >= 0.6 is 0 Å². The lowest BCUT2D eigenvalue weighted by Gasteiger charge is -2.33. The Kier molecular flexibility index (Phi) is 5.58. The number of hydrogen-bond donors (Lipinski definition) is 0. The molecule has 1 aliphatic heterocycles. The van der Waals surface area contributed by atoms with Gasteiger partial charge in [-0.05, 0) is 24.3 Å². The van der Waals surface area contributed by atoms with E-state index >= 15 is 0 Å². The standard InChI is InChI=1S/C20H19F3N4O3S/c21-20(22,23)16-5-3-6-17(12-16)31(29,30)26-10-8-25(9-11-26)14-27-19(28)18-7-2-1-4-15(18)13-24-27/h1-7,12-13H,8-11,14H2. The predicted molar refractivity (Wildman–Crippen MR) is 108 cm³/mol. The van der Waals surface area contributed by atoms with Gasteiger partial charge in [-0.3, -0.25) is 9.69 Å². The monoisotopic (exact) mass is 452 g/mol. The second kappa shape index (κ2) is 8.06. The number of piperazine rings is 1. The number of rotatable bonds is 4. The Morgan fingerprint density at radius 3 is 2.39 bits per heavy atom. The fourth-order valence-electron chi connectivity index (χ4n) is 3.51. The summed E-state index contributed by atoms with van der Waals surface area (Å²) < 4.78 is 66.9. The van der Waals surface area contributed by atoms with Crippen LogP contribution in [0.1, 0.15) is 5.56 Å². The lowest BCUT2D eigenvalue weighted by atomic mass is 10.2. The van der Waals surface area contributed by atoms with E-state index in [1.165, 1.54) is 4.68 Å². The first-order chi connectivity index (χ1) is 14.7. The highest BCUT2D eigenvalue weighted by molar-refractivity contribution is 7.89. The van der Waals surface area contributed by atoms with Gasteiger partial charge >= 0.3 is 6.18 Å². The Bertz CT molecular complexity index is 1270. The molecular weight excluding hydrogens is 433 g/mol. The Hall–Kier alpha value is -2.76. The summed E-state index contributed by atoms with van der Waals surface area (Å²) in [6.45, 7) is 1.03. The number of sulfonamides is 1. The summed E-state index contributed by atoms with van der Waals surface area (Å²) in [6, 6.07) is 10.8. The minimum absolute atomic E-state index is 0.0981. The summed E-state index contributed by atoms with van der Waals surface area (Å²) in [4.78, 5) is 14.1. The van der Waals surface area contributed by atoms with Crippen molar-refractivity contribution >= 4 is 20.8 Å². The van der Waals surface area contributed by atoms with Crippen LogP contribution in [0.25, 0.3) is 10.8 Å². The second-order valence-corrected chi connectivity index (χ2v) is 9.16. The molecule has 31 heavy (non-hydrogen) atoms. The summed E-state index contributed by atoms with van der Waals surface area (Å²) in [7, 11) is -4.06. The van der Waals surface area contributed by atoms with Crippen LogP contribution in [0.5, 0.6) is 0 Å². The van der Waals surface area contributed by atoms with E-state index in [1.807, 2.05) is 11.0 Å². The molecule has 0 radical (unpaired) electrons. The second-order valence-electron chi connectivity index (χ2n) is 7.23. The number of aromatic nitrogens is 2. The van der Waals surface area contributed by atoms with Crippen LogP contribution in [0.2, 0.25) is 0 Å². The molecule has 2 aromatic carbocycles. The fraction of sp³-hybridized carbons (Fsp3) is 0.300. The number of nitrogens with zero attached hydrogens (tertiary/aromatic N) is 4. The maximum absolute atomic E-state index is 12.9. The number of fused-ring (bicyclic) bond motifs is 1. The van der Waals surface area contributed by atoms with Gasteiger partial charge in [0.2, 0.25) is 10.0 Å². The first kappa shape index (κ1) is 21.5. The van der Waals surface area contributed by atoms with E-state index in [-0.39, 0.29) is 30.2 Å². The van der Waals surface area contributed by atoms with Crippen LogP contribution in [0, 0.1) is 0 Å². The third-order valence-corrected chi connectivity index (χ3v) is 7.12. The molecule has 1 saturated heterocycles. The summed E-state index contributed by atoms with van der Waals surface area (Å²) in [5, 5.41) is 5.45. The molecule has 0 spiro atoms. The maximum Gasteiger partial charge on any atom is 0.416 e. The summed E-state index contributed by atoms with van der Waals surface area (Å²) >= 11 is 0. The molecule has 164 valence electrons. The molecule has 0 unspecified atom stereocenters. The van der Waals surface area contributed by atoms with Gasteiger partial charge in [-0.15, -0.1) is 0 Å². The SMILES string of the molecule is O=c1c2ccccc2cnn1CN1CCN(S(=O)(=O)c2cccc(C(F)(F)F)c2)CC1. The normalized spacial score (nSPS) is 16.6. The number of halogens is 3. The fourth-order valence-corrected chi connectivity index (χ4v) is 4.98. The number of alkyl halides is 3. The van der Waals surface area contributed by atoms with Crippen molar-refractivity contribution in [3.8, 4) is 0 Å². The number of hydrogen-bond acceptors (Lipinski definition) is 5. The molecule has 2 heterocycles. The average Bonchev–Trinajstić information content (AvgIpc) is 2.76. The van der Waals surface area contributed by atoms with Gasteiger partial charge in [0.25, 0.3) is 5.56 Å². The topological polar surface area (TPSA) is 75.5 Å². The quantitative estimate of drug-likeness (QED) is 0.608. The van der Waals surface area contributed by atoms with Gasteiger partial charge in [-0.2, -0.15) is 22.6 Å². The van der Waals surface area contributed by atoms with Crippen molar-refractivity contribution in [2.45, 2.75) is 17.7 Å². The lowest BCUT2D eigenvalue weighted by molar-refractivity contribution is -0.137. The van der Waals surface area contributed by atoms with Crippen LogP contribution in [0.3, 0.4) is 0 Å². The molecule has 7 nitrogen and oxygen atoms in total. The molecule has 0 saturated carbocycles. The van der Waals surface area contributed by atoms with Gasteiger partial charge in [0.1, 0.15) is 0 Å². The zero-order valence-electron chi connectivity index (χ0n) is 16.3. The van der Waals surface area contributed by atoms with Crippen LogP contribution in [0.4, 0.5) is 13.2 Å². The van der Waals surface area contributed by atoms with Gasteiger partial charge in [-0.1, -0.05) is 24.3 Å². The summed E-state index contributed by atoms with van der Waals surface area (Å²) in [5.41, 5.74) is -1.24. The molecular formula is C20H19F3N4O3S. The minimum atomic E-state index is -4.62. The highest BCUT2D eigenvalue weighted by Crippen LogP contribution is 2.31. The molecule has 0 N–H and O–H groups in total. The van der Waals surface area contributed by atoms with Crippen molar-refractivity contribution in [1.82, 2.24) is 19.0 Å². The highest BCUT2D eigenvalue weighted by atomic mass is 32.2. The van der Waals surface area contributed by atoms with E-state index in [2.05, 4.69) is 5.10 Å². The van der Waals surface area contributed by atoms with Gasteiger partial charge in [-0.25, -0.2) is 13.1 Å². The summed E-state index contributed by atoms with van der Waals surface area (Å²) in [5.74, 6) is 0. The molecule has 0 aliphatic carbocycles. The predicted octanol–water partition coefficient (Wildman–Crippen LogP) is 2.38. The van der Waals surface area contributed by atoms with Crippen molar-refractivity contribution in [3.05, 3.63) is 70.6 Å². The maximum atomic E-state index is 12.9. The third-order valence-electron chi connectivity index (χ3n) is 5.23. The first-order valence-electron chi connectivity index (χ1n) is 9.51. The smallest absolute Gasteiger partial charge is 0.282 e. The minimum Gasteiger partial charge on any atom is -0.282 e. The van der Waals surface area contributed by atoms with Crippen molar-refractivity contribution in [1.29, 1.82) is 0 Å². The third kappa shape index (κ3) is 4.34. The Balaban J connectivity index is 1.46. The van der Waals surface area contributed by atoms with Crippen LogP contribution in [-0.2, 0) is 22.9 Å². The first-order valence-corrected chi connectivity index (χ1v) is 10.9. The van der Waals surface area contributed by atoms with E-state index < -0.39 is 21.8 Å². The average molecular weight is 452 g/mol. The molecule has 4 rings (SSSR count). The molecule has 0 bridgehead atoms. The van der Waals surface area contributed by atoms with E-state index in [1.54, 1.807) is 24.4 Å². The van der Waals surface area contributed by atoms with Gasteiger partial charge in [0.05, 0.1) is 28.7 Å². The van der Waals surface area contributed by atoms with E-state index in [0.717, 1.165) is 27.9 Å². The largest absolute Gasteiger partial charge is 0.416 e. The van der Waals surface area contributed by atoms with Crippen molar-refractivity contribution in [2.75, 3.05) is 26.2 Å². The molecule has 11 heteroatoms. The highest BCUT2D eigenvalue weighted by Gasteiger charge is 2.34. The molecule has 1 fully saturated rings. The zero-order valence-corrected chi connectivity index (χ0v) is 17.1. The Morgan fingerprint density at radius 2 is 1.68 bits per heavy atom. The van der Waals surface area contributed by atoms with E-state index in [4.69, 9.17) is 0 Å². The lowest BCUT2D eigenvalue weighted by Crippen LogP contribution is -2.49. The zero-order chi connectivity index (χ0) is 22.2. The molecule has 0 atom stereocenters. The van der Waals surface area contributed by atoms with E-state index in [9.17, 15) is 26.4 Å². The van der Waals surface area contributed by atoms with Gasteiger partial charge in [0, 0.05) is 31.6 Å². The Morgan fingerprint density at radius 1 is 0.968 bits per heavy atom. The number of benzene rings is 2. The van der Waals surface area contributed by atoms with Gasteiger partial charge in [0.15, 0.2) is 0 Å². The molecule has 1 aromatic heterocycles.